The molecule has 4 N–H and O–H groups in total. The molecule has 12 heteroatoms. The molecule has 0 aliphatic carbocycles. The molecule has 0 radical (unpaired) electrons. The van der Waals surface area contributed by atoms with Crippen LogP contribution in [0.4, 0.5) is 5.13 Å². The topological polar surface area (TPSA) is 136 Å². The molecule has 3 aromatic rings. The Bertz CT molecular complexity index is 964. The van der Waals surface area contributed by atoms with Gasteiger partial charge in [0.1, 0.15) is 11.3 Å². The average Bonchev–Trinajstić information content (AvgIpc) is 3.26. The second-order valence-corrected chi connectivity index (χ2v) is 7.97. The predicted octanol–water partition coefficient (Wildman–Crippen LogP) is 1.12. The van der Waals surface area contributed by atoms with Crippen molar-refractivity contribution in [2.24, 2.45) is 0 Å². The van der Waals surface area contributed by atoms with E-state index in [2.05, 4.69) is 15.3 Å². The molecule has 9 nitrogen and oxygen atoms in total. The summed E-state index contributed by atoms with van der Waals surface area (Å²) in [6, 6.07) is 5.16. The molecule has 0 saturated carbocycles. The average molecular weight is 389 g/mol. The maximum Gasteiger partial charge on any atom is 0.537 e. The molecule has 0 bridgehead atoms. The van der Waals surface area contributed by atoms with Crippen LogP contribution in [0.25, 0.3) is 5.69 Å². The van der Waals surface area contributed by atoms with Gasteiger partial charge < -0.3 is 20.5 Å². The number of rotatable bonds is 4. The van der Waals surface area contributed by atoms with E-state index in [1.54, 1.807) is 30.6 Å². The number of carbonyl (C=O) groups is 1. The number of nitrogens with zero attached hydrogens (tertiary/aromatic N) is 4. The quantitative estimate of drug-likeness (QED) is 0.561. The first-order valence-corrected chi connectivity index (χ1v) is 9.22. The van der Waals surface area contributed by atoms with Gasteiger partial charge in [0, 0.05) is 12.4 Å². The number of carboxylic acid groups (broad SMARTS) is 1. The number of aromatic nitrogens is 4. The number of benzene rings is 1. The van der Waals surface area contributed by atoms with Crippen molar-refractivity contribution >= 4 is 41.3 Å². The van der Waals surface area contributed by atoms with Gasteiger partial charge in [-0.25, -0.2) is 9.48 Å². The van der Waals surface area contributed by atoms with Crippen LogP contribution in [-0.2, 0) is 6.42 Å². The first kappa shape index (κ1) is 16.9. The van der Waals surface area contributed by atoms with Crippen molar-refractivity contribution in [1.82, 2.24) is 20.0 Å². The molecule has 3 heterocycles. The van der Waals surface area contributed by atoms with Crippen molar-refractivity contribution in [1.29, 1.82) is 0 Å². The van der Waals surface area contributed by atoms with Crippen LogP contribution >= 0.6 is 23.1 Å². The summed E-state index contributed by atoms with van der Waals surface area (Å²) in [6.07, 6.45) is 3.62. The lowest BCUT2D eigenvalue weighted by Gasteiger charge is -2.28. The first-order valence-electron chi connectivity index (χ1n) is 7.52. The highest BCUT2D eigenvalue weighted by molar-refractivity contribution is 8.02. The van der Waals surface area contributed by atoms with Crippen LogP contribution in [0.5, 0.6) is 5.75 Å². The molecule has 0 spiro atoms. The van der Waals surface area contributed by atoms with Gasteiger partial charge in [0.2, 0.25) is 5.13 Å². The van der Waals surface area contributed by atoms with Crippen LogP contribution in [0, 0.1) is 0 Å². The van der Waals surface area contributed by atoms with Crippen LogP contribution in [0.3, 0.4) is 0 Å². The molecule has 26 heavy (non-hydrogen) atoms. The molecule has 0 saturated heterocycles. The summed E-state index contributed by atoms with van der Waals surface area (Å²) < 4.78 is 7.66. The molecule has 1 atom stereocenters. The number of hydrogen-bond acceptors (Lipinski definition) is 9. The molecule has 1 aliphatic rings. The lowest BCUT2D eigenvalue weighted by molar-refractivity contribution is 0.0694. The van der Waals surface area contributed by atoms with Crippen LogP contribution in [0.15, 0.2) is 34.9 Å². The van der Waals surface area contributed by atoms with Crippen LogP contribution in [0.2, 0.25) is 0 Å². The second-order valence-electron chi connectivity index (χ2n) is 5.48. The summed E-state index contributed by atoms with van der Waals surface area (Å²) in [5, 5.41) is 31.8. The molecule has 0 amide bonds. The number of nitrogens with two attached hydrogens (primary N) is 1. The highest BCUT2D eigenvalue weighted by atomic mass is 32.2. The van der Waals surface area contributed by atoms with Gasteiger partial charge in [-0.3, -0.25) is 0 Å². The third kappa shape index (κ3) is 3.02. The van der Waals surface area contributed by atoms with Gasteiger partial charge in [-0.2, -0.15) is 5.10 Å². The Morgan fingerprint density at radius 1 is 1.46 bits per heavy atom. The van der Waals surface area contributed by atoms with E-state index in [1.165, 1.54) is 27.8 Å². The Balaban J connectivity index is 1.70. The molecule has 4 rings (SSSR count). The number of nitrogen functional groups attached to an aromatic ring is 1. The largest absolute Gasteiger partial charge is 0.537 e. The molecule has 1 aromatic carbocycles. The third-order valence-electron chi connectivity index (χ3n) is 3.83. The number of anilines is 1. The smallest absolute Gasteiger partial charge is 0.535 e. The molecule has 2 aromatic heterocycles. The third-order valence-corrected chi connectivity index (χ3v) is 5.91. The van der Waals surface area contributed by atoms with Crippen LogP contribution < -0.4 is 10.4 Å². The van der Waals surface area contributed by atoms with E-state index in [9.17, 15) is 14.9 Å². The maximum absolute atomic E-state index is 11.8. The van der Waals surface area contributed by atoms with Crippen molar-refractivity contribution in [2.75, 3.05) is 5.73 Å². The fourth-order valence-corrected chi connectivity index (χ4v) is 4.67. The van der Waals surface area contributed by atoms with E-state index in [-0.39, 0.29) is 16.5 Å². The summed E-state index contributed by atoms with van der Waals surface area (Å²) >= 11 is 2.52. The number of hydrogen-bond donors (Lipinski definition) is 3. The van der Waals surface area contributed by atoms with Crippen molar-refractivity contribution in [2.45, 2.75) is 15.9 Å². The molecule has 1 aliphatic heterocycles. The van der Waals surface area contributed by atoms with E-state index < -0.39 is 13.1 Å². The van der Waals surface area contributed by atoms with Gasteiger partial charge in [0.05, 0.1) is 10.8 Å². The zero-order valence-corrected chi connectivity index (χ0v) is 14.8. The zero-order valence-electron chi connectivity index (χ0n) is 13.1. The minimum absolute atomic E-state index is 0.0335. The Hall–Kier alpha value is -2.57. The minimum Gasteiger partial charge on any atom is -0.535 e. The fraction of sp³-hybridized carbons (Fsp3) is 0.143. The van der Waals surface area contributed by atoms with Crippen LogP contribution in [-0.4, -0.2) is 48.3 Å². The summed E-state index contributed by atoms with van der Waals surface area (Å²) in [4.78, 5) is 11.8. The number of carboxylic acids is 1. The lowest BCUT2D eigenvalue weighted by atomic mass is 9.77. The van der Waals surface area contributed by atoms with Crippen molar-refractivity contribution < 1.29 is 19.6 Å². The van der Waals surface area contributed by atoms with E-state index in [0.29, 0.717) is 27.1 Å². The molecule has 132 valence electrons. The maximum atomic E-state index is 11.8. The van der Waals surface area contributed by atoms with Crippen molar-refractivity contribution in [3.05, 3.63) is 41.7 Å². The lowest BCUT2D eigenvalue weighted by Crippen LogP contribution is -2.41. The number of aromatic carboxylic acids is 1. The molecule has 0 fully saturated rings. The molecular weight excluding hydrogens is 377 g/mol. The second kappa shape index (κ2) is 6.63. The van der Waals surface area contributed by atoms with Gasteiger partial charge in [0.15, 0.2) is 4.34 Å². The zero-order chi connectivity index (χ0) is 18.3. The van der Waals surface area contributed by atoms with E-state index in [0.717, 1.165) is 0 Å². The Morgan fingerprint density at radius 3 is 2.96 bits per heavy atom. The predicted molar refractivity (Wildman–Crippen MR) is 96.8 cm³/mol. The summed E-state index contributed by atoms with van der Waals surface area (Å²) in [5.41, 5.74) is 6.61. The Morgan fingerprint density at radius 2 is 2.31 bits per heavy atom. The van der Waals surface area contributed by atoms with Gasteiger partial charge in [-0.1, -0.05) is 29.2 Å². The van der Waals surface area contributed by atoms with E-state index in [4.69, 9.17) is 10.4 Å². The number of thioether (sulfide) groups is 1. The van der Waals surface area contributed by atoms with E-state index >= 15 is 0 Å². The SMILES string of the molecule is Nc1nnc(S[C@H]2Cc3ccc(-n4cccn4)c(C(=O)O)c3OB2O)s1. The summed E-state index contributed by atoms with van der Waals surface area (Å²) in [5.74, 6) is -0.992. The molecular formula is C14H12BN5O4S2. The number of fused-ring (bicyclic) bond motifs is 1. The van der Waals surface area contributed by atoms with Gasteiger partial charge in [-0.15, -0.1) is 10.2 Å². The first-order chi connectivity index (χ1) is 12.5. The molecule has 0 unspecified atom stereocenters. The minimum atomic E-state index is -1.19. The Labute approximate surface area is 156 Å². The van der Waals surface area contributed by atoms with Gasteiger partial charge >= 0.3 is 13.1 Å². The standard InChI is InChI=1S/C14H12BN5O4S2/c16-13-18-19-14(26-13)25-9-6-7-2-3-8(20-5-1-4-17-20)10(12(21)22)11(7)24-15(9)23/h1-5,9,23H,6H2,(H2,16,18)(H,21,22)/t9-/m0/s1. The summed E-state index contributed by atoms with van der Waals surface area (Å²) in [7, 11) is -1.19. The van der Waals surface area contributed by atoms with Crippen molar-refractivity contribution in [3.8, 4) is 11.4 Å². The van der Waals surface area contributed by atoms with Crippen LogP contribution in [0.1, 0.15) is 15.9 Å². The Kier molecular flexibility index (Phi) is 4.30. The van der Waals surface area contributed by atoms with Crippen molar-refractivity contribution in [3.63, 3.8) is 0 Å². The highest BCUT2D eigenvalue weighted by Crippen LogP contribution is 2.39. The fourth-order valence-electron chi connectivity index (χ4n) is 2.73. The van der Waals surface area contributed by atoms with Gasteiger partial charge in [0.25, 0.3) is 0 Å². The van der Waals surface area contributed by atoms with E-state index in [1.807, 2.05) is 0 Å². The highest BCUT2D eigenvalue weighted by Gasteiger charge is 2.39. The normalized spacial score (nSPS) is 16.2. The monoisotopic (exact) mass is 389 g/mol. The summed E-state index contributed by atoms with van der Waals surface area (Å²) in [6.45, 7) is 0. The van der Waals surface area contributed by atoms with Gasteiger partial charge in [-0.05, 0) is 24.1 Å².